The smallest absolute Gasteiger partial charge is 0.261 e. The highest BCUT2D eigenvalue weighted by atomic mass is 79.9. The quantitative estimate of drug-likeness (QED) is 0.596. The zero-order valence-electron chi connectivity index (χ0n) is 15.8. The average molecular weight is 443 g/mol. The monoisotopic (exact) mass is 442 g/mol. The minimum Gasteiger partial charge on any atom is -0.325 e. The Bertz CT molecular complexity index is 875. The van der Waals surface area contributed by atoms with E-state index in [9.17, 15) is 14.4 Å². The molecule has 5 nitrogen and oxygen atoms in total. The van der Waals surface area contributed by atoms with E-state index in [0.29, 0.717) is 17.5 Å². The molecular formula is C22H23BrN2O3. The van der Waals surface area contributed by atoms with Crippen LogP contribution in [0.4, 0.5) is 5.69 Å². The van der Waals surface area contributed by atoms with E-state index >= 15 is 0 Å². The Labute approximate surface area is 173 Å². The van der Waals surface area contributed by atoms with Gasteiger partial charge in [0, 0.05) is 17.4 Å². The second kappa shape index (κ2) is 9.15. The van der Waals surface area contributed by atoms with Gasteiger partial charge in [0.05, 0.1) is 16.8 Å². The molecule has 0 aromatic heterocycles. The number of nitrogens with zero attached hydrogens (tertiary/aromatic N) is 1. The highest BCUT2D eigenvalue weighted by molar-refractivity contribution is 9.10. The van der Waals surface area contributed by atoms with Crippen molar-refractivity contribution in [2.45, 2.75) is 39.0 Å². The van der Waals surface area contributed by atoms with Crippen molar-refractivity contribution < 1.29 is 14.4 Å². The van der Waals surface area contributed by atoms with Gasteiger partial charge in [0.15, 0.2) is 0 Å². The molecule has 2 aromatic rings. The van der Waals surface area contributed by atoms with Crippen LogP contribution in [0.15, 0.2) is 46.9 Å². The summed E-state index contributed by atoms with van der Waals surface area (Å²) in [5.41, 5.74) is 2.83. The van der Waals surface area contributed by atoms with Crippen LogP contribution in [-0.2, 0) is 11.2 Å². The zero-order chi connectivity index (χ0) is 20.1. The summed E-state index contributed by atoms with van der Waals surface area (Å²) in [6, 6.07) is 12.8. The Hall–Kier alpha value is -2.47. The highest BCUT2D eigenvalue weighted by Crippen LogP contribution is 2.25. The second-order valence-corrected chi connectivity index (χ2v) is 7.73. The van der Waals surface area contributed by atoms with Crippen LogP contribution in [-0.4, -0.2) is 29.2 Å². The SMILES string of the molecule is CCCCc1ccc(NC(=O)CCCN2C(=O)c3ccccc3C2=O)c(Br)c1. The van der Waals surface area contributed by atoms with Crippen molar-refractivity contribution in [3.63, 3.8) is 0 Å². The van der Waals surface area contributed by atoms with Crippen LogP contribution in [0.3, 0.4) is 0 Å². The van der Waals surface area contributed by atoms with Gasteiger partial charge < -0.3 is 5.32 Å². The van der Waals surface area contributed by atoms with Gasteiger partial charge in [-0.3, -0.25) is 19.3 Å². The number of benzene rings is 2. The minimum absolute atomic E-state index is 0.140. The predicted molar refractivity (Wildman–Crippen MR) is 112 cm³/mol. The van der Waals surface area contributed by atoms with Gasteiger partial charge in [0.25, 0.3) is 11.8 Å². The first-order valence-electron chi connectivity index (χ1n) is 9.54. The molecule has 0 saturated heterocycles. The summed E-state index contributed by atoms with van der Waals surface area (Å²) in [5, 5.41) is 2.88. The summed E-state index contributed by atoms with van der Waals surface area (Å²) in [6.07, 6.45) is 3.95. The topological polar surface area (TPSA) is 66.5 Å². The van der Waals surface area contributed by atoms with E-state index in [1.807, 2.05) is 18.2 Å². The second-order valence-electron chi connectivity index (χ2n) is 6.88. The number of imide groups is 1. The Morgan fingerprint density at radius 1 is 1.04 bits per heavy atom. The van der Waals surface area contributed by atoms with Crippen molar-refractivity contribution in [2.24, 2.45) is 0 Å². The van der Waals surface area contributed by atoms with Crippen LogP contribution in [0.2, 0.25) is 0 Å². The summed E-state index contributed by atoms with van der Waals surface area (Å²) in [6.45, 7) is 2.39. The molecule has 0 saturated carbocycles. The molecule has 146 valence electrons. The van der Waals surface area contributed by atoms with Crippen LogP contribution in [0.1, 0.15) is 58.9 Å². The van der Waals surface area contributed by atoms with Crippen molar-refractivity contribution >= 4 is 39.3 Å². The number of unbranched alkanes of at least 4 members (excludes halogenated alkanes) is 1. The molecular weight excluding hydrogens is 420 g/mol. The number of carbonyl (C=O) groups is 3. The van der Waals surface area contributed by atoms with E-state index in [1.54, 1.807) is 24.3 Å². The molecule has 1 heterocycles. The summed E-state index contributed by atoms with van der Waals surface area (Å²) < 4.78 is 0.856. The standard InChI is InChI=1S/C22H23BrN2O3/c1-2-3-7-15-11-12-19(18(23)14-15)24-20(26)10-6-13-25-21(27)16-8-4-5-9-17(16)22(25)28/h4-5,8-9,11-12,14H,2-3,6-7,10,13H2,1H3,(H,24,26). The number of amides is 3. The molecule has 3 amide bonds. The van der Waals surface area contributed by atoms with E-state index in [0.717, 1.165) is 29.4 Å². The number of carbonyl (C=O) groups excluding carboxylic acids is 3. The molecule has 28 heavy (non-hydrogen) atoms. The summed E-state index contributed by atoms with van der Waals surface area (Å²) in [5.74, 6) is -0.712. The fraction of sp³-hybridized carbons (Fsp3) is 0.318. The van der Waals surface area contributed by atoms with Gasteiger partial charge in [0.1, 0.15) is 0 Å². The van der Waals surface area contributed by atoms with E-state index in [2.05, 4.69) is 28.2 Å². The van der Waals surface area contributed by atoms with Crippen LogP contribution in [0.5, 0.6) is 0 Å². The lowest BCUT2D eigenvalue weighted by atomic mass is 10.1. The number of halogens is 1. The summed E-state index contributed by atoms with van der Waals surface area (Å²) >= 11 is 3.51. The van der Waals surface area contributed by atoms with Gasteiger partial charge in [-0.15, -0.1) is 0 Å². The van der Waals surface area contributed by atoms with E-state index < -0.39 is 0 Å². The minimum atomic E-state index is -0.286. The molecule has 1 N–H and O–H groups in total. The number of fused-ring (bicyclic) bond motifs is 1. The molecule has 0 bridgehead atoms. The zero-order valence-corrected chi connectivity index (χ0v) is 17.4. The number of anilines is 1. The van der Waals surface area contributed by atoms with Gasteiger partial charge in [0.2, 0.25) is 5.91 Å². The predicted octanol–water partition coefficient (Wildman–Crippen LogP) is 4.81. The van der Waals surface area contributed by atoms with Gasteiger partial charge >= 0.3 is 0 Å². The maximum atomic E-state index is 12.3. The molecule has 0 fully saturated rings. The van der Waals surface area contributed by atoms with Gasteiger partial charge in [-0.1, -0.05) is 31.5 Å². The third kappa shape index (κ3) is 4.50. The lowest BCUT2D eigenvalue weighted by Crippen LogP contribution is -2.31. The molecule has 0 unspecified atom stereocenters. The number of hydrogen-bond acceptors (Lipinski definition) is 3. The normalized spacial score (nSPS) is 13.0. The van der Waals surface area contributed by atoms with Gasteiger partial charge in [-0.05, 0) is 65.0 Å². The van der Waals surface area contributed by atoms with Crippen LogP contribution < -0.4 is 5.32 Å². The van der Waals surface area contributed by atoms with Gasteiger partial charge in [-0.2, -0.15) is 0 Å². The number of rotatable bonds is 8. The van der Waals surface area contributed by atoms with Crippen LogP contribution in [0, 0.1) is 0 Å². The summed E-state index contributed by atoms with van der Waals surface area (Å²) in [4.78, 5) is 38.1. The summed E-state index contributed by atoms with van der Waals surface area (Å²) in [7, 11) is 0. The van der Waals surface area contributed by atoms with Crippen LogP contribution in [0.25, 0.3) is 0 Å². The van der Waals surface area contributed by atoms with Crippen molar-refractivity contribution in [3.8, 4) is 0 Å². The number of aryl methyl sites for hydroxylation is 1. The Kier molecular flexibility index (Phi) is 6.62. The first-order chi connectivity index (χ1) is 13.5. The highest BCUT2D eigenvalue weighted by Gasteiger charge is 2.34. The molecule has 1 aliphatic rings. The average Bonchev–Trinajstić information content (AvgIpc) is 2.93. The Morgan fingerprint density at radius 2 is 1.71 bits per heavy atom. The molecule has 0 radical (unpaired) electrons. The van der Waals surface area contributed by atoms with Crippen molar-refractivity contribution in [1.29, 1.82) is 0 Å². The van der Waals surface area contributed by atoms with Crippen LogP contribution >= 0.6 is 15.9 Å². The molecule has 2 aromatic carbocycles. The van der Waals surface area contributed by atoms with Gasteiger partial charge in [-0.25, -0.2) is 0 Å². The molecule has 0 aliphatic carbocycles. The van der Waals surface area contributed by atoms with E-state index in [1.165, 1.54) is 10.5 Å². The first-order valence-corrected chi connectivity index (χ1v) is 10.3. The van der Waals surface area contributed by atoms with E-state index in [-0.39, 0.29) is 30.7 Å². The number of hydrogen-bond donors (Lipinski definition) is 1. The Balaban J connectivity index is 1.50. The lowest BCUT2D eigenvalue weighted by Gasteiger charge is -2.14. The molecule has 0 spiro atoms. The van der Waals surface area contributed by atoms with Crippen molar-refractivity contribution in [1.82, 2.24) is 4.90 Å². The molecule has 0 atom stereocenters. The lowest BCUT2D eigenvalue weighted by molar-refractivity contribution is -0.116. The molecule has 1 aliphatic heterocycles. The Morgan fingerprint density at radius 3 is 2.32 bits per heavy atom. The maximum absolute atomic E-state index is 12.3. The fourth-order valence-electron chi connectivity index (χ4n) is 3.25. The third-order valence-corrected chi connectivity index (χ3v) is 5.45. The maximum Gasteiger partial charge on any atom is 0.261 e. The first kappa shape index (κ1) is 20.3. The number of nitrogens with one attached hydrogen (secondary N) is 1. The van der Waals surface area contributed by atoms with E-state index in [4.69, 9.17) is 0 Å². The van der Waals surface area contributed by atoms with Crippen molar-refractivity contribution in [2.75, 3.05) is 11.9 Å². The molecule has 3 rings (SSSR count). The molecule has 6 heteroatoms. The van der Waals surface area contributed by atoms with Crippen molar-refractivity contribution in [3.05, 3.63) is 63.6 Å². The largest absolute Gasteiger partial charge is 0.325 e. The fourth-order valence-corrected chi connectivity index (χ4v) is 3.77. The third-order valence-electron chi connectivity index (χ3n) is 4.79.